The summed E-state index contributed by atoms with van der Waals surface area (Å²) in [7, 11) is 0.927. The number of halogens is 1. The minimum atomic E-state index is -3.07. The Balaban J connectivity index is 3.03. The van der Waals surface area contributed by atoms with Gasteiger partial charge in [-0.25, -0.2) is 14.0 Å². The lowest BCUT2D eigenvalue weighted by atomic mass is 10.0. The Morgan fingerprint density at radius 1 is 1.56 bits per heavy atom. The van der Waals surface area contributed by atoms with Crippen LogP contribution >= 0.6 is 0 Å². The van der Waals surface area contributed by atoms with Crippen LogP contribution in [0, 0.1) is 0 Å². The molecule has 8 heteroatoms. The minimum Gasteiger partial charge on any atom is -0.466 e. The number of ether oxygens (including phenoxy) is 2. The summed E-state index contributed by atoms with van der Waals surface area (Å²) in [5, 5.41) is 3.61. The third kappa shape index (κ3) is 1.83. The van der Waals surface area contributed by atoms with Crippen molar-refractivity contribution < 1.29 is 28.2 Å². The molecule has 3 amide bonds. The lowest BCUT2D eigenvalue weighted by Gasteiger charge is -2.33. The van der Waals surface area contributed by atoms with E-state index in [1.807, 2.05) is 5.32 Å². The molecule has 1 rings (SSSR count). The molecule has 0 radical (unpaired) electrons. The standard InChI is InChI=1S/C8H11FN2O5/c1-3-16-5-8(9,6(13)15-2)4(12)10-7(14)11-5/h5H,3H2,1-2H3,(H2,10,11,12,14). The third-order valence-corrected chi connectivity index (χ3v) is 2.00. The quantitative estimate of drug-likeness (QED) is 0.486. The predicted octanol–water partition coefficient (Wildman–Crippen LogP) is -0.930. The molecule has 0 aliphatic carbocycles. The molecule has 1 heterocycles. The molecular weight excluding hydrogens is 223 g/mol. The number of imide groups is 1. The van der Waals surface area contributed by atoms with E-state index in [2.05, 4.69) is 4.74 Å². The predicted molar refractivity (Wildman–Crippen MR) is 47.9 cm³/mol. The smallest absolute Gasteiger partial charge is 0.358 e. The molecule has 7 nitrogen and oxygen atoms in total. The van der Waals surface area contributed by atoms with E-state index in [0.717, 1.165) is 7.11 Å². The van der Waals surface area contributed by atoms with Crippen LogP contribution in [0.2, 0.25) is 0 Å². The molecule has 1 aliphatic rings. The van der Waals surface area contributed by atoms with E-state index >= 15 is 0 Å². The fourth-order valence-corrected chi connectivity index (χ4v) is 1.24. The largest absolute Gasteiger partial charge is 0.466 e. The Kier molecular flexibility index (Phi) is 3.43. The highest BCUT2D eigenvalue weighted by atomic mass is 19.1. The second-order valence-electron chi connectivity index (χ2n) is 2.97. The summed E-state index contributed by atoms with van der Waals surface area (Å²) in [5.74, 6) is -2.83. The third-order valence-electron chi connectivity index (χ3n) is 2.00. The lowest BCUT2D eigenvalue weighted by Crippen LogP contribution is -2.70. The summed E-state index contributed by atoms with van der Waals surface area (Å²) in [6.45, 7) is 1.54. The zero-order valence-electron chi connectivity index (χ0n) is 8.70. The second kappa shape index (κ2) is 4.44. The Hall–Kier alpha value is -1.70. The summed E-state index contributed by atoms with van der Waals surface area (Å²) in [6, 6.07) is -0.930. The maximum absolute atomic E-state index is 14.2. The number of amides is 3. The molecule has 0 spiro atoms. The van der Waals surface area contributed by atoms with E-state index < -0.39 is 29.8 Å². The van der Waals surface area contributed by atoms with E-state index in [9.17, 15) is 18.8 Å². The summed E-state index contributed by atoms with van der Waals surface area (Å²) in [5.41, 5.74) is -3.07. The number of hydrogen-bond donors (Lipinski definition) is 2. The van der Waals surface area contributed by atoms with Gasteiger partial charge in [0.15, 0.2) is 6.23 Å². The van der Waals surface area contributed by atoms with Gasteiger partial charge in [0, 0.05) is 6.61 Å². The average molecular weight is 234 g/mol. The molecule has 0 bridgehead atoms. The molecule has 0 saturated carbocycles. The first-order valence-electron chi connectivity index (χ1n) is 4.47. The number of rotatable bonds is 3. The van der Waals surface area contributed by atoms with Gasteiger partial charge in [0.05, 0.1) is 7.11 Å². The molecule has 1 aliphatic heterocycles. The van der Waals surface area contributed by atoms with Gasteiger partial charge in [-0.3, -0.25) is 10.1 Å². The summed E-state index contributed by atoms with van der Waals surface area (Å²) >= 11 is 0. The van der Waals surface area contributed by atoms with E-state index in [-0.39, 0.29) is 6.61 Å². The number of esters is 1. The molecule has 1 fully saturated rings. The molecule has 16 heavy (non-hydrogen) atoms. The number of urea groups is 1. The maximum Gasteiger partial charge on any atom is 0.358 e. The fraction of sp³-hybridized carbons (Fsp3) is 0.625. The average Bonchev–Trinajstić information content (AvgIpc) is 2.24. The molecule has 0 aromatic rings. The summed E-state index contributed by atoms with van der Waals surface area (Å²) in [4.78, 5) is 33.4. The molecule has 90 valence electrons. The van der Waals surface area contributed by atoms with Crippen LogP contribution in [-0.2, 0) is 19.1 Å². The van der Waals surface area contributed by atoms with Gasteiger partial charge in [-0.2, -0.15) is 0 Å². The van der Waals surface area contributed by atoms with Crippen LogP contribution in [0.1, 0.15) is 6.92 Å². The second-order valence-corrected chi connectivity index (χ2v) is 2.97. The van der Waals surface area contributed by atoms with Gasteiger partial charge < -0.3 is 14.8 Å². The number of methoxy groups -OCH3 is 1. The first-order valence-corrected chi connectivity index (χ1v) is 4.47. The van der Waals surface area contributed by atoms with Gasteiger partial charge in [-0.1, -0.05) is 0 Å². The van der Waals surface area contributed by atoms with Gasteiger partial charge in [0.1, 0.15) is 0 Å². The highest BCUT2D eigenvalue weighted by Crippen LogP contribution is 2.22. The van der Waals surface area contributed by atoms with Crippen LogP contribution < -0.4 is 10.6 Å². The maximum atomic E-state index is 14.2. The first-order chi connectivity index (χ1) is 7.46. The SMILES string of the molecule is CCOC1NC(=O)NC(=O)C1(F)C(=O)OC. The van der Waals surface area contributed by atoms with Crippen LogP contribution in [-0.4, -0.2) is 43.5 Å². The summed E-state index contributed by atoms with van der Waals surface area (Å²) < 4.78 is 23.1. The van der Waals surface area contributed by atoms with Crippen molar-refractivity contribution in [3.8, 4) is 0 Å². The monoisotopic (exact) mass is 234 g/mol. The van der Waals surface area contributed by atoms with Crippen molar-refractivity contribution in [1.29, 1.82) is 0 Å². The highest BCUT2D eigenvalue weighted by molar-refractivity contribution is 6.13. The van der Waals surface area contributed by atoms with Gasteiger partial charge in [0.2, 0.25) is 0 Å². The van der Waals surface area contributed by atoms with E-state index in [1.165, 1.54) is 6.92 Å². The molecule has 0 aromatic heterocycles. The Bertz CT molecular complexity index is 334. The number of hydrogen-bond acceptors (Lipinski definition) is 5. The van der Waals surface area contributed by atoms with Crippen molar-refractivity contribution in [2.45, 2.75) is 18.8 Å². The zero-order chi connectivity index (χ0) is 12.3. The van der Waals surface area contributed by atoms with Crippen molar-refractivity contribution in [3.05, 3.63) is 0 Å². The van der Waals surface area contributed by atoms with Crippen molar-refractivity contribution >= 4 is 17.9 Å². The fourth-order valence-electron chi connectivity index (χ4n) is 1.24. The Morgan fingerprint density at radius 3 is 2.69 bits per heavy atom. The van der Waals surface area contributed by atoms with Crippen LogP contribution in [0.25, 0.3) is 0 Å². The highest BCUT2D eigenvalue weighted by Gasteiger charge is 2.59. The van der Waals surface area contributed by atoms with Gasteiger partial charge >= 0.3 is 17.7 Å². The first kappa shape index (κ1) is 12.4. The van der Waals surface area contributed by atoms with E-state index in [1.54, 1.807) is 5.32 Å². The van der Waals surface area contributed by atoms with E-state index in [0.29, 0.717) is 0 Å². The van der Waals surface area contributed by atoms with Crippen molar-refractivity contribution in [1.82, 2.24) is 10.6 Å². The lowest BCUT2D eigenvalue weighted by molar-refractivity contribution is -0.176. The summed E-state index contributed by atoms with van der Waals surface area (Å²) in [6.07, 6.45) is -1.69. The minimum absolute atomic E-state index is 0.0148. The van der Waals surface area contributed by atoms with Gasteiger partial charge in [-0.05, 0) is 6.92 Å². The molecule has 0 aromatic carbocycles. The van der Waals surface area contributed by atoms with Crippen LogP contribution in [0.3, 0.4) is 0 Å². The number of carbonyl (C=O) groups is 3. The number of nitrogens with one attached hydrogen (secondary N) is 2. The molecule has 2 N–H and O–H groups in total. The van der Waals surface area contributed by atoms with Gasteiger partial charge in [-0.15, -0.1) is 0 Å². The Labute approximate surface area is 90.3 Å². The van der Waals surface area contributed by atoms with Crippen LogP contribution in [0.15, 0.2) is 0 Å². The van der Waals surface area contributed by atoms with E-state index in [4.69, 9.17) is 4.74 Å². The van der Waals surface area contributed by atoms with Crippen LogP contribution in [0.5, 0.6) is 0 Å². The van der Waals surface area contributed by atoms with Crippen LogP contribution in [0.4, 0.5) is 9.18 Å². The van der Waals surface area contributed by atoms with Crippen molar-refractivity contribution in [2.75, 3.05) is 13.7 Å². The zero-order valence-corrected chi connectivity index (χ0v) is 8.70. The molecule has 2 unspecified atom stereocenters. The Morgan fingerprint density at radius 2 is 2.19 bits per heavy atom. The molecule has 1 saturated heterocycles. The van der Waals surface area contributed by atoms with Gasteiger partial charge in [0.25, 0.3) is 5.91 Å². The molecular formula is C8H11FN2O5. The molecule has 2 atom stereocenters. The van der Waals surface area contributed by atoms with Crippen molar-refractivity contribution in [3.63, 3.8) is 0 Å². The topological polar surface area (TPSA) is 93.7 Å². The number of alkyl halides is 1. The normalized spacial score (nSPS) is 29.3. The number of carbonyl (C=O) groups excluding carboxylic acids is 3. The van der Waals surface area contributed by atoms with Crippen molar-refractivity contribution in [2.24, 2.45) is 0 Å².